The van der Waals surface area contributed by atoms with E-state index in [4.69, 9.17) is 10.5 Å². The van der Waals surface area contributed by atoms with Gasteiger partial charge in [-0.1, -0.05) is 12.1 Å². The van der Waals surface area contributed by atoms with Crippen molar-refractivity contribution in [1.82, 2.24) is 5.32 Å². The van der Waals surface area contributed by atoms with Crippen molar-refractivity contribution in [1.29, 1.82) is 0 Å². The van der Waals surface area contributed by atoms with Gasteiger partial charge in [-0.05, 0) is 37.5 Å². The SMILES string of the molecule is COc1cccc([C@H](C)NC2CC(N)C2)c1. The van der Waals surface area contributed by atoms with Crippen LogP contribution in [0.5, 0.6) is 5.75 Å². The summed E-state index contributed by atoms with van der Waals surface area (Å²) in [5, 5.41) is 3.58. The smallest absolute Gasteiger partial charge is 0.119 e. The first-order valence-electron chi connectivity index (χ1n) is 5.84. The van der Waals surface area contributed by atoms with Gasteiger partial charge in [0.1, 0.15) is 5.75 Å². The molecule has 0 unspecified atom stereocenters. The minimum Gasteiger partial charge on any atom is -0.497 e. The van der Waals surface area contributed by atoms with Crippen LogP contribution < -0.4 is 15.8 Å². The van der Waals surface area contributed by atoms with E-state index in [0.29, 0.717) is 18.1 Å². The van der Waals surface area contributed by atoms with Gasteiger partial charge in [0.25, 0.3) is 0 Å². The molecule has 0 heterocycles. The molecule has 0 radical (unpaired) electrons. The summed E-state index contributed by atoms with van der Waals surface area (Å²) in [7, 11) is 1.70. The third kappa shape index (κ3) is 2.54. The zero-order chi connectivity index (χ0) is 11.5. The van der Waals surface area contributed by atoms with Gasteiger partial charge in [-0.2, -0.15) is 0 Å². The van der Waals surface area contributed by atoms with Gasteiger partial charge >= 0.3 is 0 Å². The van der Waals surface area contributed by atoms with E-state index in [1.165, 1.54) is 5.56 Å². The van der Waals surface area contributed by atoms with Gasteiger partial charge in [0.2, 0.25) is 0 Å². The number of hydrogen-bond donors (Lipinski definition) is 2. The average Bonchev–Trinajstić information content (AvgIpc) is 2.27. The van der Waals surface area contributed by atoms with Crippen LogP contribution in [0, 0.1) is 0 Å². The fourth-order valence-corrected chi connectivity index (χ4v) is 2.16. The van der Waals surface area contributed by atoms with Crippen LogP contribution in [-0.4, -0.2) is 19.2 Å². The molecular weight excluding hydrogens is 200 g/mol. The van der Waals surface area contributed by atoms with Gasteiger partial charge in [-0.3, -0.25) is 0 Å². The molecule has 3 N–H and O–H groups in total. The van der Waals surface area contributed by atoms with Crippen molar-refractivity contribution in [2.75, 3.05) is 7.11 Å². The lowest BCUT2D eigenvalue weighted by Crippen LogP contribution is -2.49. The van der Waals surface area contributed by atoms with Crippen LogP contribution in [0.3, 0.4) is 0 Å². The lowest BCUT2D eigenvalue weighted by Gasteiger charge is -2.35. The van der Waals surface area contributed by atoms with Gasteiger partial charge in [0.15, 0.2) is 0 Å². The monoisotopic (exact) mass is 220 g/mol. The molecule has 0 amide bonds. The Morgan fingerprint density at radius 2 is 2.19 bits per heavy atom. The Labute approximate surface area is 97.0 Å². The highest BCUT2D eigenvalue weighted by Crippen LogP contribution is 2.24. The first-order chi connectivity index (χ1) is 7.69. The zero-order valence-electron chi connectivity index (χ0n) is 9.94. The van der Waals surface area contributed by atoms with Crippen LogP contribution in [0.4, 0.5) is 0 Å². The molecule has 16 heavy (non-hydrogen) atoms. The molecule has 1 aromatic carbocycles. The van der Waals surface area contributed by atoms with Crippen LogP contribution in [0.15, 0.2) is 24.3 Å². The highest BCUT2D eigenvalue weighted by atomic mass is 16.5. The molecule has 88 valence electrons. The molecule has 2 rings (SSSR count). The van der Waals surface area contributed by atoms with E-state index in [-0.39, 0.29) is 0 Å². The van der Waals surface area contributed by atoms with E-state index in [2.05, 4.69) is 24.4 Å². The molecule has 3 nitrogen and oxygen atoms in total. The van der Waals surface area contributed by atoms with Crippen LogP contribution in [0.25, 0.3) is 0 Å². The molecule has 0 aliphatic heterocycles. The Morgan fingerprint density at radius 3 is 2.81 bits per heavy atom. The molecule has 1 aromatic rings. The van der Waals surface area contributed by atoms with E-state index >= 15 is 0 Å². The minimum absolute atomic E-state index is 0.354. The predicted octanol–water partition coefficient (Wildman–Crippen LogP) is 1.84. The molecule has 1 atom stereocenters. The maximum Gasteiger partial charge on any atom is 0.119 e. The number of rotatable bonds is 4. The van der Waals surface area contributed by atoms with Crippen molar-refractivity contribution >= 4 is 0 Å². The Bertz CT molecular complexity index is 348. The normalized spacial score (nSPS) is 25.9. The molecule has 0 bridgehead atoms. The Hall–Kier alpha value is -1.06. The second-order valence-corrected chi connectivity index (χ2v) is 4.59. The Kier molecular flexibility index (Phi) is 3.46. The summed E-state index contributed by atoms with van der Waals surface area (Å²) in [6, 6.07) is 9.53. The van der Waals surface area contributed by atoms with Crippen molar-refractivity contribution in [2.45, 2.75) is 37.9 Å². The lowest BCUT2D eigenvalue weighted by atomic mass is 9.87. The summed E-state index contributed by atoms with van der Waals surface area (Å²) in [5.74, 6) is 0.913. The first kappa shape index (κ1) is 11.4. The molecule has 1 fully saturated rings. The third-order valence-electron chi connectivity index (χ3n) is 3.25. The van der Waals surface area contributed by atoms with E-state index in [1.807, 2.05) is 12.1 Å². The van der Waals surface area contributed by atoms with Crippen molar-refractivity contribution in [2.24, 2.45) is 5.73 Å². The molecule has 0 saturated heterocycles. The van der Waals surface area contributed by atoms with E-state index in [0.717, 1.165) is 18.6 Å². The average molecular weight is 220 g/mol. The van der Waals surface area contributed by atoms with Gasteiger partial charge in [-0.25, -0.2) is 0 Å². The Morgan fingerprint density at radius 1 is 1.44 bits per heavy atom. The zero-order valence-corrected chi connectivity index (χ0v) is 9.94. The van der Waals surface area contributed by atoms with Crippen LogP contribution in [0.1, 0.15) is 31.4 Å². The fraction of sp³-hybridized carbons (Fsp3) is 0.538. The summed E-state index contributed by atoms with van der Waals surface area (Å²) in [5.41, 5.74) is 7.03. The van der Waals surface area contributed by atoms with Gasteiger partial charge in [-0.15, -0.1) is 0 Å². The topological polar surface area (TPSA) is 47.3 Å². The van der Waals surface area contributed by atoms with E-state index < -0.39 is 0 Å². The molecule has 1 aliphatic carbocycles. The number of methoxy groups -OCH3 is 1. The standard InChI is InChI=1S/C13H20N2O/c1-9(15-12-7-11(14)8-12)10-4-3-5-13(6-10)16-2/h3-6,9,11-12,15H,7-8,14H2,1-2H3/t9-,11?,12?/m0/s1. The Balaban J connectivity index is 1.94. The van der Waals surface area contributed by atoms with Crippen molar-refractivity contribution in [3.8, 4) is 5.75 Å². The van der Waals surface area contributed by atoms with E-state index in [9.17, 15) is 0 Å². The fourth-order valence-electron chi connectivity index (χ4n) is 2.16. The van der Waals surface area contributed by atoms with Gasteiger partial charge in [0.05, 0.1) is 7.11 Å². The van der Waals surface area contributed by atoms with Crippen LogP contribution in [-0.2, 0) is 0 Å². The van der Waals surface area contributed by atoms with Crippen molar-refractivity contribution in [3.63, 3.8) is 0 Å². The molecule has 3 heteroatoms. The first-order valence-corrected chi connectivity index (χ1v) is 5.84. The lowest BCUT2D eigenvalue weighted by molar-refractivity contribution is 0.272. The molecule has 1 saturated carbocycles. The predicted molar refractivity (Wildman–Crippen MR) is 65.5 cm³/mol. The molecule has 0 aromatic heterocycles. The summed E-state index contributed by atoms with van der Waals surface area (Å²) in [4.78, 5) is 0. The van der Waals surface area contributed by atoms with Crippen LogP contribution >= 0.6 is 0 Å². The number of hydrogen-bond acceptors (Lipinski definition) is 3. The maximum absolute atomic E-state index is 5.77. The highest BCUT2D eigenvalue weighted by molar-refractivity contribution is 5.30. The van der Waals surface area contributed by atoms with Crippen LogP contribution in [0.2, 0.25) is 0 Å². The number of ether oxygens (including phenoxy) is 1. The van der Waals surface area contributed by atoms with Gasteiger partial charge < -0.3 is 15.8 Å². The molecular formula is C13H20N2O. The summed E-state index contributed by atoms with van der Waals surface area (Å²) in [6.45, 7) is 2.18. The summed E-state index contributed by atoms with van der Waals surface area (Å²) < 4.78 is 5.22. The molecule has 1 aliphatic rings. The molecule has 0 spiro atoms. The third-order valence-corrected chi connectivity index (χ3v) is 3.25. The number of nitrogens with one attached hydrogen (secondary N) is 1. The van der Waals surface area contributed by atoms with E-state index in [1.54, 1.807) is 7.11 Å². The maximum atomic E-state index is 5.77. The number of nitrogens with two attached hydrogens (primary N) is 1. The minimum atomic E-state index is 0.354. The summed E-state index contributed by atoms with van der Waals surface area (Å²) in [6.07, 6.45) is 2.18. The summed E-state index contributed by atoms with van der Waals surface area (Å²) >= 11 is 0. The number of benzene rings is 1. The van der Waals surface area contributed by atoms with Gasteiger partial charge in [0, 0.05) is 18.1 Å². The largest absolute Gasteiger partial charge is 0.497 e. The van der Waals surface area contributed by atoms with Crippen molar-refractivity contribution < 1.29 is 4.74 Å². The highest BCUT2D eigenvalue weighted by Gasteiger charge is 2.26. The second-order valence-electron chi connectivity index (χ2n) is 4.59. The van der Waals surface area contributed by atoms with Crippen molar-refractivity contribution in [3.05, 3.63) is 29.8 Å². The quantitative estimate of drug-likeness (QED) is 0.814. The second kappa shape index (κ2) is 4.85.